The van der Waals surface area contributed by atoms with Crippen molar-refractivity contribution >= 4 is 17.6 Å². The highest BCUT2D eigenvalue weighted by Crippen LogP contribution is 2.27. The van der Waals surface area contributed by atoms with Crippen molar-refractivity contribution in [3.8, 4) is 11.1 Å². The monoisotopic (exact) mass is 344 g/mol. The van der Waals surface area contributed by atoms with Gasteiger partial charge < -0.3 is 15.3 Å². The molecule has 0 aromatic heterocycles. The Morgan fingerprint density at radius 3 is 2.54 bits per heavy atom. The molecule has 0 unspecified atom stereocenters. The summed E-state index contributed by atoms with van der Waals surface area (Å²) in [6, 6.07) is 15.8. The third-order valence-electron chi connectivity index (χ3n) is 4.19. The second kappa shape index (κ2) is 7.69. The summed E-state index contributed by atoms with van der Waals surface area (Å²) < 4.78 is 0. The fourth-order valence-corrected chi connectivity index (χ4v) is 2.93. The zero-order valence-corrected chi connectivity index (χ0v) is 14.2. The quantitative estimate of drug-likeness (QED) is 0.840. The molecule has 1 aliphatic carbocycles. The van der Waals surface area contributed by atoms with Gasteiger partial charge >= 0.3 is 6.03 Å². The standard InChI is InChI=1S/C19H21ClN2O2/c20-16-7-5-14(6-8-16)18-4-2-1-3-15(18)13-21-19(24)22(11-12-23)17-9-10-17/h1-8,17,23H,9-13H2,(H,21,24). The normalized spacial score (nSPS) is 13.6. The molecule has 5 heteroatoms. The van der Waals surface area contributed by atoms with Gasteiger partial charge in [0.2, 0.25) is 0 Å². The highest BCUT2D eigenvalue weighted by molar-refractivity contribution is 6.30. The Labute approximate surface area is 147 Å². The van der Waals surface area contributed by atoms with E-state index >= 15 is 0 Å². The number of carbonyl (C=O) groups is 1. The van der Waals surface area contributed by atoms with Crippen LogP contribution in [0.25, 0.3) is 11.1 Å². The van der Waals surface area contributed by atoms with Gasteiger partial charge in [-0.15, -0.1) is 0 Å². The maximum Gasteiger partial charge on any atom is 0.317 e. The number of amides is 2. The number of rotatable bonds is 6. The van der Waals surface area contributed by atoms with Crippen LogP contribution in [-0.2, 0) is 6.54 Å². The Bertz CT molecular complexity index is 699. The largest absolute Gasteiger partial charge is 0.395 e. The summed E-state index contributed by atoms with van der Waals surface area (Å²) in [6.45, 7) is 0.826. The van der Waals surface area contributed by atoms with Crippen LogP contribution in [0.1, 0.15) is 18.4 Å². The molecule has 0 radical (unpaired) electrons. The van der Waals surface area contributed by atoms with E-state index in [2.05, 4.69) is 5.32 Å². The van der Waals surface area contributed by atoms with Gasteiger partial charge in [0.05, 0.1) is 6.61 Å². The van der Waals surface area contributed by atoms with Crippen molar-refractivity contribution in [1.82, 2.24) is 10.2 Å². The molecule has 0 bridgehead atoms. The zero-order valence-electron chi connectivity index (χ0n) is 13.4. The van der Waals surface area contributed by atoms with Crippen LogP contribution < -0.4 is 5.32 Å². The lowest BCUT2D eigenvalue weighted by molar-refractivity contribution is 0.173. The average molecular weight is 345 g/mol. The maximum absolute atomic E-state index is 12.4. The molecule has 126 valence electrons. The number of halogens is 1. The van der Waals surface area contributed by atoms with E-state index in [1.165, 1.54) is 0 Å². The molecule has 4 nitrogen and oxygen atoms in total. The molecule has 1 aliphatic rings. The van der Waals surface area contributed by atoms with Crippen LogP contribution in [0.4, 0.5) is 4.79 Å². The van der Waals surface area contributed by atoms with E-state index in [1.807, 2.05) is 48.5 Å². The van der Waals surface area contributed by atoms with Crippen LogP contribution in [0.5, 0.6) is 0 Å². The van der Waals surface area contributed by atoms with E-state index in [0.29, 0.717) is 18.1 Å². The fraction of sp³-hybridized carbons (Fsp3) is 0.316. The number of aliphatic hydroxyl groups excluding tert-OH is 1. The summed E-state index contributed by atoms with van der Waals surface area (Å²) in [7, 11) is 0. The van der Waals surface area contributed by atoms with Crippen molar-refractivity contribution in [3.05, 3.63) is 59.1 Å². The first-order chi connectivity index (χ1) is 11.7. The topological polar surface area (TPSA) is 52.6 Å². The van der Waals surface area contributed by atoms with Crippen LogP contribution >= 0.6 is 11.6 Å². The number of hydrogen-bond acceptors (Lipinski definition) is 2. The van der Waals surface area contributed by atoms with Gasteiger partial charge in [-0.05, 0) is 41.7 Å². The highest BCUT2D eigenvalue weighted by atomic mass is 35.5. The molecule has 0 aliphatic heterocycles. The number of hydrogen-bond donors (Lipinski definition) is 2. The SMILES string of the molecule is O=C(NCc1ccccc1-c1ccc(Cl)cc1)N(CCO)C1CC1. The van der Waals surface area contributed by atoms with Crippen LogP contribution in [0, 0.1) is 0 Å². The predicted octanol–water partition coefficient (Wildman–Crippen LogP) is 3.67. The molecule has 1 fully saturated rings. The number of nitrogens with zero attached hydrogens (tertiary/aromatic N) is 1. The van der Waals surface area contributed by atoms with Crippen LogP contribution in [0.3, 0.4) is 0 Å². The van der Waals surface area contributed by atoms with Crippen LogP contribution in [-0.4, -0.2) is 35.2 Å². The van der Waals surface area contributed by atoms with Crippen molar-refractivity contribution < 1.29 is 9.90 Å². The fourth-order valence-electron chi connectivity index (χ4n) is 2.80. The minimum absolute atomic E-state index is 0.00865. The first-order valence-electron chi connectivity index (χ1n) is 8.18. The Morgan fingerprint density at radius 1 is 1.17 bits per heavy atom. The number of aliphatic hydroxyl groups is 1. The smallest absolute Gasteiger partial charge is 0.317 e. The molecule has 3 rings (SSSR count). The molecule has 24 heavy (non-hydrogen) atoms. The summed E-state index contributed by atoms with van der Waals surface area (Å²) in [4.78, 5) is 14.1. The van der Waals surface area contributed by atoms with Crippen LogP contribution in [0.15, 0.2) is 48.5 Å². The first-order valence-corrected chi connectivity index (χ1v) is 8.56. The Hall–Kier alpha value is -2.04. The van der Waals surface area contributed by atoms with E-state index in [4.69, 9.17) is 16.7 Å². The Morgan fingerprint density at radius 2 is 1.88 bits per heavy atom. The lowest BCUT2D eigenvalue weighted by atomic mass is 10.00. The predicted molar refractivity (Wildman–Crippen MR) is 95.9 cm³/mol. The molecule has 2 aromatic carbocycles. The number of urea groups is 1. The van der Waals surface area contributed by atoms with Crippen molar-refractivity contribution in [1.29, 1.82) is 0 Å². The van der Waals surface area contributed by atoms with Gasteiger partial charge in [0.15, 0.2) is 0 Å². The lowest BCUT2D eigenvalue weighted by Gasteiger charge is -2.22. The van der Waals surface area contributed by atoms with Crippen molar-refractivity contribution in [3.63, 3.8) is 0 Å². The average Bonchev–Trinajstić information content (AvgIpc) is 3.43. The van der Waals surface area contributed by atoms with Gasteiger partial charge in [0, 0.05) is 24.2 Å². The van der Waals surface area contributed by atoms with Gasteiger partial charge in [-0.1, -0.05) is 48.0 Å². The Balaban J connectivity index is 1.71. The molecule has 2 N–H and O–H groups in total. The molecule has 0 spiro atoms. The van der Waals surface area contributed by atoms with E-state index in [9.17, 15) is 4.79 Å². The minimum Gasteiger partial charge on any atom is -0.395 e. The van der Waals surface area contributed by atoms with Gasteiger partial charge in [-0.3, -0.25) is 0 Å². The maximum atomic E-state index is 12.4. The van der Waals surface area contributed by atoms with E-state index in [-0.39, 0.29) is 18.7 Å². The van der Waals surface area contributed by atoms with Gasteiger partial charge in [-0.25, -0.2) is 4.79 Å². The zero-order chi connectivity index (χ0) is 16.9. The van der Waals surface area contributed by atoms with Crippen LogP contribution in [0.2, 0.25) is 5.02 Å². The van der Waals surface area contributed by atoms with E-state index in [0.717, 1.165) is 29.5 Å². The highest BCUT2D eigenvalue weighted by Gasteiger charge is 2.31. The summed E-state index contributed by atoms with van der Waals surface area (Å²) in [5.74, 6) is 0. The minimum atomic E-state index is -0.113. The van der Waals surface area contributed by atoms with Gasteiger partial charge in [-0.2, -0.15) is 0 Å². The van der Waals surface area contributed by atoms with Crippen molar-refractivity contribution in [2.24, 2.45) is 0 Å². The molecule has 0 heterocycles. The number of nitrogens with one attached hydrogen (secondary N) is 1. The lowest BCUT2D eigenvalue weighted by Crippen LogP contribution is -2.42. The molecule has 0 saturated heterocycles. The number of benzene rings is 2. The van der Waals surface area contributed by atoms with E-state index < -0.39 is 0 Å². The molecular formula is C19H21ClN2O2. The van der Waals surface area contributed by atoms with E-state index in [1.54, 1.807) is 4.90 Å². The molecule has 0 atom stereocenters. The summed E-state index contributed by atoms with van der Waals surface area (Å²) in [5, 5.41) is 12.8. The Kier molecular flexibility index (Phi) is 5.38. The second-order valence-corrected chi connectivity index (χ2v) is 6.41. The van der Waals surface area contributed by atoms with Crippen molar-refractivity contribution in [2.45, 2.75) is 25.4 Å². The summed E-state index contributed by atoms with van der Waals surface area (Å²) in [5.41, 5.74) is 3.20. The second-order valence-electron chi connectivity index (χ2n) is 5.97. The molecular weight excluding hydrogens is 324 g/mol. The van der Waals surface area contributed by atoms with Gasteiger partial charge in [0.1, 0.15) is 0 Å². The first kappa shape index (κ1) is 16.8. The molecule has 2 amide bonds. The van der Waals surface area contributed by atoms with Crippen molar-refractivity contribution in [2.75, 3.05) is 13.2 Å². The third kappa shape index (κ3) is 4.08. The summed E-state index contributed by atoms with van der Waals surface area (Å²) in [6.07, 6.45) is 2.05. The third-order valence-corrected chi connectivity index (χ3v) is 4.44. The summed E-state index contributed by atoms with van der Waals surface area (Å²) >= 11 is 5.96. The molecule has 1 saturated carbocycles. The molecule has 2 aromatic rings. The van der Waals surface area contributed by atoms with Gasteiger partial charge in [0.25, 0.3) is 0 Å². The number of carbonyl (C=O) groups excluding carboxylic acids is 1.